The highest BCUT2D eigenvalue weighted by molar-refractivity contribution is 7.98. The largest absolute Gasteiger partial charge is 0.490 e. The second-order valence-corrected chi connectivity index (χ2v) is 6.72. The van der Waals surface area contributed by atoms with Crippen molar-refractivity contribution in [2.45, 2.75) is 10.8 Å². The molecule has 10 heteroatoms. The average molecular weight is 426 g/mol. The molecule has 2 heterocycles. The van der Waals surface area contributed by atoms with Gasteiger partial charge in [-0.2, -0.15) is 5.10 Å². The molecule has 0 atom stereocenters. The monoisotopic (exact) mass is 425 g/mol. The van der Waals surface area contributed by atoms with Crippen molar-refractivity contribution in [3.63, 3.8) is 0 Å². The highest BCUT2D eigenvalue weighted by Crippen LogP contribution is 2.29. The van der Waals surface area contributed by atoms with Crippen molar-refractivity contribution < 1.29 is 9.84 Å². The Kier molecular flexibility index (Phi) is 8.73. The first-order valence-electron chi connectivity index (χ1n) is 8.82. The first-order valence-corrected chi connectivity index (χ1v) is 9.81. The fraction of sp³-hybridized carbons (Fsp3) is 0.150. The highest BCUT2D eigenvalue weighted by Gasteiger charge is 2.07. The van der Waals surface area contributed by atoms with Crippen molar-refractivity contribution in [1.29, 1.82) is 16.2 Å². The van der Waals surface area contributed by atoms with Crippen LogP contribution >= 0.6 is 11.8 Å². The Bertz CT molecular complexity index is 1100. The van der Waals surface area contributed by atoms with E-state index in [4.69, 9.17) is 31.8 Å². The van der Waals surface area contributed by atoms with Gasteiger partial charge in [0.25, 0.3) is 0 Å². The number of fused-ring (bicyclic) bond motifs is 1. The average Bonchev–Trinajstić information content (AvgIpc) is 2.79. The molecule has 3 aromatic rings. The lowest BCUT2D eigenvalue weighted by Crippen LogP contribution is -2.22. The van der Waals surface area contributed by atoms with E-state index in [1.807, 2.05) is 18.2 Å². The van der Waals surface area contributed by atoms with Crippen LogP contribution in [0.5, 0.6) is 5.75 Å². The van der Waals surface area contributed by atoms with E-state index in [-0.39, 0.29) is 18.7 Å². The molecule has 0 saturated carbocycles. The number of aliphatic hydroxyl groups excluding tert-OH is 1. The fourth-order valence-electron chi connectivity index (χ4n) is 2.53. The number of aromatic nitrogens is 3. The Morgan fingerprint density at radius 1 is 1.27 bits per heavy atom. The number of rotatable bonds is 8. The molecule has 6 N–H and O–H groups in total. The minimum atomic E-state index is -0.0574. The summed E-state index contributed by atoms with van der Waals surface area (Å²) in [6.07, 6.45) is 4.12. The third-order valence-corrected chi connectivity index (χ3v) is 4.87. The van der Waals surface area contributed by atoms with Gasteiger partial charge in [0, 0.05) is 34.5 Å². The smallest absolute Gasteiger partial charge is 0.142 e. The highest BCUT2D eigenvalue weighted by atomic mass is 32.2. The van der Waals surface area contributed by atoms with Crippen LogP contribution in [-0.2, 0) is 5.88 Å². The summed E-state index contributed by atoms with van der Waals surface area (Å²) in [5, 5.41) is 35.2. The van der Waals surface area contributed by atoms with E-state index in [1.54, 1.807) is 29.1 Å². The van der Waals surface area contributed by atoms with Gasteiger partial charge in [-0.1, -0.05) is 0 Å². The standard InChI is InChI=1S/C19H20N6O2S.CH3N/c20-10-13(11-21)16-3-4-19(22)25(24-16)12-28-14-1-2-17-15(9-14)18(5-6-23-17)27-8-7-26;1-2/h1-6,9-11,20,22,26H,7-8,12,21H2;2H,1H2/b13-11+,20-10?,22-19?;. The maximum atomic E-state index is 8.99. The lowest BCUT2D eigenvalue weighted by Gasteiger charge is -2.10. The maximum Gasteiger partial charge on any atom is 0.142 e. The number of hydrogen-bond acceptors (Lipinski definition) is 9. The van der Waals surface area contributed by atoms with E-state index in [0.717, 1.165) is 22.0 Å². The molecule has 2 aromatic heterocycles. The number of thioether (sulfide) groups is 1. The Balaban J connectivity index is 0.00000155. The van der Waals surface area contributed by atoms with Gasteiger partial charge >= 0.3 is 0 Å². The van der Waals surface area contributed by atoms with Gasteiger partial charge in [0.1, 0.15) is 17.8 Å². The van der Waals surface area contributed by atoms with Gasteiger partial charge in [-0.05, 0) is 43.1 Å². The first kappa shape index (κ1) is 22.8. The molecule has 9 nitrogen and oxygen atoms in total. The predicted molar refractivity (Wildman–Crippen MR) is 119 cm³/mol. The second-order valence-electron chi connectivity index (χ2n) is 5.70. The van der Waals surface area contributed by atoms with Gasteiger partial charge < -0.3 is 26.4 Å². The summed E-state index contributed by atoms with van der Waals surface area (Å²) in [4.78, 5) is 5.30. The minimum Gasteiger partial charge on any atom is -0.490 e. The molecule has 0 fully saturated rings. The number of hydrogen-bond donors (Lipinski definition) is 5. The van der Waals surface area contributed by atoms with E-state index in [9.17, 15) is 0 Å². The van der Waals surface area contributed by atoms with Crippen LogP contribution in [0.1, 0.15) is 5.69 Å². The van der Waals surface area contributed by atoms with Gasteiger partial charge in [-0.15, -0.1) is 11.8 Å². The van der Waals surface area contributed by atoms with Crippen molar-refractivity contribution in [3.8, 4) is 5.75 Å². The van der Waals surface area contributed by atoms with E-state index in [0.29, 0.717) is 22.9 Å². The molecular formula is C20H23N7O2S. The summed E-state index contributed by atoms with van der Waals surface area (Å²) in [5.74, 6) is 1.08. The lowest BCUT2D eigenvalue weighted by atomic mass is 10.2. The van der Waals surface area contributed by atoms with Crippen LogP contribution in [0.15, 0.2) is 53.7 Å². The Morgan fingerprint density at radius 2 is 2.07 bits per heavy atom. The fourth-order valence-corrected chi connectivity index (χ4v) is 3.36. The van der Waals surface area contributed by atoms with Crippen LogP contribution in [0, 0.1) is 16.2 Å². The molecule has 1 aromatic carbocycles. The Morgan fingerprint density at radius 3 is 2.77 bits per heavy atom. The number of allylic oxidation sites excluding steroid dienone is 1. The van der Waals surface area contributed by atoms with Crippen LogP contribution < -0.4 is 16.0 Å². The molecule has 0 unspecified atom stereocenters. The third-order valence-electron chi connectivity index (χ3n) is 3.91. The number of pyridine rings is 1. The van der Waals surface area contributed by atoms with Crippen molar-refractivity contribution in [3.05, 3.63) is 60.0 Å². The molecule has 30 heavy (non-hydrogen) atoms. The van der Waals surface area contributed by atoms with Crippen LogP contribution in [-0.4, -0.2) is 46.0 Å². The number of nitrogens with zero attached hydrogens (tertiary/aromatic N) is 3. The number of nitrogens with one attached hydrogen (secondary N) is 3. The number of aliphatic hydroxyl groups is 1. The molecule has 0 aliphatic heterocycles. The normalized spacial score (nSPS) is 10.9. The van der Waals surface area contributed by atoms with Crippen molar-refractivity contribution in [2.75, 3.05) is 13.2 Å². The molecule has 0 saturated heterocycles. The molecule has 0 amide bonds. The molecule has 3 rings (SSSR count). The van der Waals surface area contributed by atoms with Crippen molar-refractivity contribution in [2.24, 2.45) is 5.73 Å². The number of ether oxygens (including phenoxy) is 1. The number of nitrogens with two attached hydrogens (primary N) is 1. The summed E-state index contributed by atoms with van der Waals surface area (Å²) in [6, 6.07) is 10.9. The Hall–Kier alpha value is -3.50. The van der Waals surface area contributed by atoms with Gasteiger partial charge in [0.15, 0.2) is 0 Å². The molecule has 0 aliphatic carbocycles. The van der Waals surface area contributed by atoms with E-state index in [1.165, 1.54) is 18.0 Å². The summed E-state index contributed by atoms with van der Waals surface area (Å²) >= 11 is 1.51. The van der Waals surface area contributed by atoms with Crippen LogP contribution in [0.4, 0.5) is 0 Å². The quantitative estimate of drug-likeness (QED) is 0.275. The van der Waals surface area contributed by atoms with Gasteiger partial charge in [0.05, 0.1) is 23.7 Å². The van der Waals surface area contributed by atoms with Gasteiger partial charge in [-0.25, -0.2) is 4.68 Å². The summed E-state index contributed by atoms with van der Waals surface area (Å²) in [7, 11) is 0. The zero-order chi connectivity index (χ0) is 21.9. The lowest BCUT2D eigenvalue weighted by molar-refractivity contribution is 0.202. The predicted octanol–water partition coefficient (Wildman–Crippen LogP) is 2.25. The van der Waals surface area contributed by atoms with Crippen LogP contribution in [0.3, 0.4) is 0 Å². The zero-order valence-electron chi connectivity index (χ0n) is 16.2. The molecule has 156 valence electrons. The molecular weight excluding hydrogens is 402 g/mol. The Labute approximate surface area is 177 Å². The van der Waals surface area contributed by atoms with E-state index in [2.05, 4.69) is 16.8 Å². The third kappa shape index (κ3) is 5.52. The van der Waals surface area contributed by atoms with Gasteiger partial charge in [-0.3, -0.25) is 10.4 Å². The zero-order valence-corrected chi connectivity index (χ0v) is 17.0. The number of benzene rings is 1. The van der Waals surface area contributed by atoms with E-state index < -0.39 is 0 Å². The summed E-state index contributed by atoms with van der Waals surface area (Å²) in [6.45, 7) is 2.66. The first-order chi connectivity index (χ1) is 14.7. The topological polar surface area (TPSA) is 158 Å². The van der Waals surface area contributed by atoms with Gasteiger partial charge in [0.2, 0.25) is 0 Å². The SMILES string of the molecule is C=N.N=C/C(=C\N)c1ccc(=N)n(CSc2ccc3nccc(OCCO)c3c2)n1. The van der Waals surface area contributed by atoms with Crippen LogP contribution in [0.25, 0.3) is 16.5 Å². The minimum absolute atomic E-state index is 0.0574. The molecule has 0 spiro atoms. The molecule has 0 bridgehead atoms. The van der Waals surface area contributed by atoms with Crippen molar-refractivity contribution in [1.82, 2.24) is 14.8 Å². The van der Waals surface area contributed by atoms with Crippen molar-refractivity contribution >= 4 is 41.2 Å². The van der Waals surface area contributed by atoms with Crippen LogP contribution in [0.2, 0.25) is 0 Å². The summed E-state index contributed by atoms with van der Waals surface area (Å²) < 4.78 is 7.13. The summed E-state index contributed by atoms with van der Waals surface area (Å²) in [5.41, 5.74) is 7.61. The molecule has 0 aliphatic rings. The molecule has 0 radical (unpaired) electrons. The second kappa shape index (κ2) is 11.5. The van der Waals surface area contributed by atoms with E-state index >= 15 is 0 Å². The maximum absolute atomic E-state index is 8.99.